The van der Waals surface area contributed by atoms with Crippen molar-refractivity contribution in [2.75, 3.05) is 19.7 Å². The van der Waals surface area contributed by atoms with E-state index in [1.807, 2.05) is 24.3 Å². The average Bonchev–Trinajstić information content (AvgIpc) is 2.44. The van der Waals surface area contributed by atoms with Gasteiger partial charge in [0.2, 0.25) is 0 Å². The van der Waals surface area contributed by atoms with Gasteiger partial charge in [-0.15, -0.1) is 0 Å². The second kappa shape index (κ2) is 5.48. The Hall–Kier alpha value is -1.88. The van der Waals surface area contributed by atoms with Crippen molar-refractivity contribution in [3.8, 4) is 0 Å². The third-order valence-electron chi connectivity index (χ3n) is 4.54. The van der Waals surface area contributed by atoms with Crippen LogP contribution in [0.2, 0.25) is 0 Å². The number of likely N-dealkylation sites (tertiary alicyclic amines) is 1. The fourth-order valence-corrected chi connectivity index (χ4v) is 2.97. The number of carbonyl (C=O) groups excluding carboxylic acids is 1. The Bertz CT molecular complexity index is 565. The molecule has 2 unspecified atom stereocenters. The molecule has 2 atom stereocenters. The fraction of sp³-hybridized carbons (Fsp3) is 0.500. The van der Waals surface area contributed by atoms with Crippen molar-refractivity contribution in [1.29, 1.82) is 0 Å². The standard InChI is InChI=1S/C16H19NO4/c1-10(16(19)20)12-8-17(9-12)15(18)14-13-5-3-2-4-11(13)6-7-21-14/h2-5,10,12,14H,6-9H2,1H3,(H,19,20). The van der Waals surface area contributed by atoms with Crippen molar-refractivity contribution in [2.45, 2.75) is 19.4 Å². The van der Waals surface area contributed by atoms with Crippen molar-refractivity contribution in [1.82, 2.24) is 4.90 Å². The average molecular weight is 289 g/mol. The Morgan fingerprint density at radius 3 is 2.76 bits per heavy atom. The summed E-state index contributed by atoms with van der Waals surface area (Å²) in [5, 5.41) is 8.99. The van der Waals surface area contributed by atoms with Gasteiger partial charge >= 0.3 is 5.97 Å². The molecule has 112 valence electrons. The number of carbonyl (C=O) groups is 2. The second-order valence-corrected chi connectivity index (χ2v) is 5.83. The van der Waals surface area contributed by atoms with Gasteiger partial charge in [-0.2, -0.15) is 0 Å². The van der Waals surface area contributed by atoms with Gasteiger partial charge in [-0.05, 0) is 17.5 Å². The van der Waals surface area contributed by atoms with Gasteiger partial charge in [0.25, 0.3) is 5.91 Å². The van der Waals surface area contributed by atoms with Gasteiger partial charge in [-0.25, -0.2) is 0 Å². The topological polar surface area (TPSA) is 66.8 Å². The molecule has 5 nitrogen and oxygen atoms in total. The van der Waals surface area contributed by atoms with E-state index in [1.165, 1.54) is 0 Å². The van der Waals surface area contributed by atoms with Crippen molar-refractivity contribution in [2.24, 2.45) is 11.8 Å². The summed E-state index contributed by atoms with van der Waals surface area (Å²) in [6, 6.07) is 7.86. The summed E-state index contributed by atoms with van der Waals surface area (Å²) in [5.74, 6) is -1.21. The number of rotatable bonds is 3. The van der Waals surface area contributed by atoms with Crippen LogP contribution in [-0.4, -0.2) is 41.6 Å². The van der Waals surface area contributed by atoms with E-state index in [4.69, 9.17) is 9.84 Å². The molecule has 5 heteroatoms. The molecule has 1 fully saturated rings. The first-order valence-electron chi connectivity index (χ1n) is 7.29. The highest BCUT2D eigenvalue weighted by molar-refractivity contribution is 5.84. The lowest BCUT2D eigenvalue weighted by Crippen LogP contribution is -2.55. The van der Waals surface area contributed by atoms with Gasteiger partial charge in [-0.1, -0.05) is 31.2 Å². The van der Waals surface area contributed by atoms with E-state index in [-0.39, 0.29) is 11.8 Å². The summed E-state index contributed by atoms with van der Waals surface area (Å²) in [5.41, 5.74) is 2.11. The Morgan fingerprint density at radius 1 is 1.33 bits per heavy atom. The Labute approximate surface area is 123 Å². The van der Waals surface area contributed by atoms with Gasteiger partial charge < -0.3 is 14.7 Å². The van der Waals surface area contributed by atoms with E-state index < -0.39 is 18.0 Å². The van der Waals surface area contributed by atoms with Crippen LogP contribution < -0.4 is 0 Å². The van der Waals surface area contributed by atoms with E-state index in [9.17, 15) is 9.59 Å². The van der Waals surface area contributed by atoms with Crippen LogP contribution in [0, 0.1) is 11.8 Å². The number of hydrogen-bond acceptors (Lipinski definition) is 3. The number of carboxylic acids is 1. The SMILES string of the molecule is CC(C(=O)O)C1CN(C(=O)C2OCCc3ccccc32)C1. The minimum absolute atomic E-state index is 0.0454. The fourth-order valence-electron chi connectivity index (χ4n) is 2.97. The van der Waals surface area contributed by atoms with Crippen LogP contribution in [0.15, 0.2) is 24.3 Å². The molecule has 2 aliphatic heterocycles. The lowest BCUT2D eigenvalue weighted by molar-refractivity contribution is -0.158. The maximum atomic E-state index is 12.5. The van der Waals surface area contributed by atoms with Gasteiger partial charge in [0.05, 0.1) is 12.5 Å². The zero-order valence-corrected chi connectivity index (χ0v) is 12.0. The van der Waals surface area contributed by atoms with E-state index >= 15 is 0 Å². The monoisotopic (exact) mass is 289 g/mol. The summed E-state index contributed by atoms with van der Waals surface area (Å²) < 4.78 is 5.66. The molecule has 3 rings (SSSR count). The van der Waals surface area contributed by atoms with Crippen molar-refractivity contribution in [3.05, 3.63) is 35.4 Å². The van der Waals surface area contributed by atoms with E-state index in [2.05, 4.69) is 0 Å². The number of hydrogen-bond donors (Lipinski definition) is 1. The smallest absolute Gasteiger partial charge is 0.306 e. The largest absolute Gasteiger partial charge is 0.481 e. The van der Waals surface area contributed by atoms with Gasteiger partial charge in [0.1, 0.15) is 0 Å². The minimum atomic E-state index is -0.800. The van der Waals surface area contributed by atoms with Crippen molar-refractivity contribution in [3.63, 3.8) is 0 Å². The van der Waals surface area contributed by atoms with Crippen LogP contribution in [0.25, 0.3) is 0 Å². The zero-order chi connectivity index (χ0) is 15.0. The molecular formula is C16H19NO4. The molecule has 0 aromatic heterocycles. The second-order valence-electron chi connectivity index (χ2n) is 5.83. The lowest BCUT2D eigenvalue weighted by Gasteiger charge is -2.43. The Morgan fingerprint density at radius 2 is 2.05 bits per heavy atom. The van der Waals surface area contributed by atoms with Crippen LogP contribution >= 0.6 is 0 Å². The van der Waals surface area contributed by atoms with E-state index in [0.29, 0.717) is 19.7 Å². The lowest BCUT2D eigenvalue weighted by atomic mass is 9.86. The van der Waals surface area contributed by atoms with Gasteiger partial charge in [0, 0.05) is 19.0 Å². The maximum absolute atomic E-state index is 12.5. The number of benzene rings is 1. The molecule has 0 saturated carbocycles. The predicted octanol–water partition coefficient (Wildman–Crippen LogP) is 1.48. The predicted molar refractivity (Wildman–Crippen MR) is 75.7 cm³/mol. The number of ether oxygens (including phenoxy) is 1. The molecule has 1 aromatic carbocycles. The van der Waals surface area contributed by atoms with Crippen LogP contribution in [-0.2, 0) is 20.7 Å². The van der Waals surface area contributed by atoms with Gasteiger partial charge in [-0.3, -0.25) is 9.59 Å². The number of fused-ring (bicyclic) bond motifs is 1. The normalized spacial score (nSPS) is 23.1. The molecular weight excluding hydrogens is 270 g/mol. The zero-order valence-electron chi connectivity index (χ0n) is 12.0. The minimum Gasteiger partial charge on any atom is -0.481 e. The number of amides is 1. The summed E-state index contributed by atoms with van der Waals surface area (Å²) in [4.78, 5) is 25.2. The molecule has 1 aromatic rings. The number of nitrogens with zero attached hydrogens (tertiary/aromatic N) is 1. The Kier molecular flexibility index (Phi) is 3.68. The Balaban J connectivity index is 1.67. The van der Waals surface area contributed by atoms with Crippen molar-refractivity contribution < 1.29 is 19.4 Å². The van der Waals surface area contributed by atoms with Crippen molar-refractivity contribution >= 4 is 11.9 Å². The summed E-state index contributed by atoms with van der Waals surface area (Å²) in [6.07, 6.45) is 0.301. The molecule has 21 heavy (non-hydrogen) atoms. The summed E-state index contributed by atoms with van der Waals surface area (Å²) >= 11 is 0. The van der Waals surface area contributed by atoms with Crippen LogP contribution in [0.5, 0.6) is 0 Å². The quantitative estimate of drug-likeness (QED) is 0.915. The molecule has 1 saturated heterocycles. The molecule has 2 heterocycles. The first kappa shape index (κ1) is 14.1. The first-order chi connectivity index (χ1) is 10.1. The highest BCUT2D eigenvalue weighted by Crippen LogP contribution is 2.32. The molecule has 2 aliphatic rings. The first-order valence-corrected chi connectivity index (χ1v) is 7.29. The summed E-state index contributed by atoms with van der Waals surface area (Å²) in [7, 11) is 0. The van der Waals surface area contributed by atoms with E-state index in [0.717, 1.165) is 17.5 Å². The molecule has 1 N–H and O–H groups in total. The van der Waals surface area contributed by atoms with Crippen LogP contribution in [0.3, 0.4) is 0 Å². The maximum Gasteiger partial charge on any atom is 0.306 e. The van der Waals surface area contributed by atoms with Crippen LogP contribution in [0.1, 0.15) is 24.2 Å². The third kappa shape index (κ3) is 2.53. The number of carboxylic acid groups (broad SMARTS) is 1. The highest BCUT2D eigenvalue weighted by Gasteiger charge is 2.40. The highest BCUT2D eigenvalue weighted by atomic mass is 16.5. The number of aliphatic carboxylic acids is 1. The van der Waals surface area contributed by atoms with Gasteiger partial charge in [0.15, 0.2) is 6.10 Å². The summed E-state index contributed by atoms with van der Waals surface area (Å²) in [6.45, 7) is 3.26. The molecule has 0 radical (unpaired) electrons. The van der Waals surface area contributed by atoms with Crippen LogP contribution in [0.4, 0.5) is 0 Å². The molecule has 0 aliphatic carbocycles. The molecule has 0 bridgehead atoms. The molecule has 0 spiro atoms. The third-order valence-corrected chi connectivity index (χ3v) is 4.54. The van der Waals surface area contributed by atoms with E-state index in [1.54, 1.807) is 11.8 Å². The molecule has 1 amide bonds.